The average molecular weight is 431 g/mol. The summed E-state index contributed by atoms with van der Waals surface area (Å²) in [6.45, 7) is 9.63. The van der Waals surface area contributed by atoms with E-state index in [0.717, 1.165) is 61.7 Å². The molecule has 2 aliphatic rings. The van der Waals surface area contributed by atoms with Gasteiger partial charge in [-0.15, -0.1) is 0 Å². The molecule has 0 spiro atoms. The fourth-order valence-electron chi connectivity index (χ4n) is 4.13. The van der Waals surface area contributed by atoms with Crippen molar-refractivity contribution >= 4 is 11.6 Å². The molecule has 0 radical (unpaired) electrons. The zero-order valence-corrected chi connectivity index (χ0v) is 19.0. The van der Waals surface area contributed by atoms with Crippen LogP contribution in [0.3, 0.4) is 0 Å². The second-order valence-electron chi connectivity index (χ2n) is 9.88. The topological polar surface area (TPSA) is 62.5 Å². The molecule has 0 bridgehead atoms. The van der Waals surface area contributed by atoms with Crippen molar-refractivity contribution in [1.29, 1.82) is 0 Å². The van der Waals surface area contributed by atoms with Crippen LogP contribution < -0.4 is 4.90 Å². The Morgan fingerprint density at radius 3 is 2.19 bits per heavy atom. The summed E-state index contributed by atoms with van der Waals surface area (Å²) < 4.78 is 5.37. The highest BCUT2D eigenvalue weighted by Gasteiger charge is 2.30. The van der Waals surface area contributed by atoms with Crippen LogP contribution in [0.5, 0.6) is 0 Å². The summed E-state index contributed by atoms with van der Waals surface area (Å²) in [7, 11) is 0. The van der Waals surface area contributed by atoms with Gasteiger partial charge in [-0.05, 0) is 60.2 Å². The lowest BCUT2D eigenvalue weighted by Crippen LogP contribution is -2.48. The SMILES string of the molecule is CC(C)(C)c1ccc(C(=O)N2CCN(c3ccc(-c4noc(C5CC5)n4)cc3)CC2)cc1. The lowest BCUT2D eigenvalue weighted by atomic mass is 9.86. The molecule has 32 heavy (non-hydrogen) atoms. The molecule has 2 heterocycles. The van der Waals surface area contributed by atoms with Gasteiger partial charge in [0.15, 0.2) is 0 Å². The standard InChI is InChI=1S/C26H30N4O2/c1-26(2,3)21-10-6-20(7-11-21)25(31)30-16-14-29(15-17-30)22-12-8-18(9-13-22)23-27-24(32-28-23)19-4-5-19/h6-13,19H,4-5,14-17H2,1-3H3. The molecule has 6 nitrogen and oxygen atoms in total. The van der Waals surface area contributed by atoms with Gasteiger partial charge in [0, 0.05) is 48.9 Å². The van der Waals surface area contributed by atoms with Gasteiger partial charge in [0.1, 0.15) is 0 Å². The van der Waals surface area contributed by atoms with E-state index in [0.29, 0.717) is 11.7 Å². The summed E-state index contributed by atoms with van der Waals surface area (Å²) >= 11 is 0. The highest BCUT2D eigenvalue weighted by Crippen LogP contribution is 2.39. The van der Waals surface area contributed by atoms with E-state index in [1.165, 1.54) is 5.56 Å². The van der Waals surface area contributed by atoms with E-state index in [4.69, 9.17) is 4.52 Å². The van der Waals surface area contributed by atoms with Crippen LogP contribution in [0.2, 0.25) is 0 Å². The van der Waals surface area contributed by atoms with Crippen molar-refractivity contribution in [1.82, 2.24) is 15.0 Å². The van der Waals surface area contributed by atoms with E-state index in [9.17, 15) is 4.79 Å². The second-order valence-corrected chi connectivity index (χ2v) is 9.88. The molecule has 0 N–H and O–H groups in total. The highest BCUT2D eigenvalue weighted by molar-refractivity contribution is 5.94. The quantitative estimate of drug-likeness (QED) is 0.591. The van der Waals surface area contributed by atoms with Crippen LogP contribution >= 0.6 is 0 Å². The van der Waals surface area contributed by atoms with E-state index >= 15 is 0 Å². The van der Waals surface area contributed by atoms with Gasteiger partial charge >= 0.3 is 0 Å². The molecular weight excluding hydrogens is 400 g/mol. The van der Waals surface area contributed by atoms with Crippen molar-refractivity contribution in [2.75, 3.05) is 31.1 Å². The van der Waals surface area contributed by atoms with Gasteiger partial charge in [-0.25, -0.2) is 0 Å². The van der Waals surface area contributed by atoms with Gasteiger partial charge in [-0.3, -0.25) is 4.79 Å². The number of amides is 1. The van der Waals surface area contributed by atoms with Crippen LogP contribution in [-0.4, -0.2) is 47.1 Å². The zero-order chi connectivity index (χ0) is 22.3. The molecule has 1 aliphatic heterocycles. The molecule has 1 aromatic heterocycles. The van der Waals surface area contributed by atoms with Crippen molar-refractivity contribution in [3.8, 4) is 11.4 Å². The average Bonchev–Trinajstić information content (AvgIpc) is 3.55. The Hall–Kier alpha value is -3.15. The number of carbonyl (C=O) groups excluding carboxylic acids is 1. The van der Waals surface area contributed by atoms with Gasteiger partial charge < -0.3 is 14.3 Å². The minimum Gasteiger partial charge on any atom is -0.368 e. The van der Waals surface area contributed by atoms with E-state index < -0.39 is 0 Å². The molecule has 0 unspecified atom stereocenters. The third-order valence-electron chi connectivity index (χ3n) is 6.42. The van der Waals surface area contributed by atoms with Crippen LogP contribution in [0.15, 0.2) is 53.1 Å². The fourth-order valence-corrected chi connectivity index (χ4v) is 4.13. The Labute approximate surface area is 189 Å². The van der Waals surface area contributed by atoms with Gasteiger partial charge in [0.25, 0.3) is 5.91 Å². The minimum absolute atomic E-state index is 0.0893. The predicted molar refractivity (Wildman–Crippen MR) is 125 cm³/mol. The molecule has 1 saturated heterocycles. The maximum atomic E-state index is 12.9. The molecule has 3 aromatic rings. The molecule has 2 aromatic carbocycles. The first-order valence-electron chi connectivity index (χ1n) is 11.5. The molecule has 166 valence electrons. The molecule has 1 amide bonds. The molecule has 6 heteroatoms. The van der Waals surface area contributed by atoms with Crippen molar-refractivity contribution in [2.45, 2.75) is 44.9 Å². The van der Waals surface area contributed by atoms with Crippen molar-refractivity contribution in [2.24, 2.45) is 0 Å². The monoisotopic (exact) mass is 430 g/mol. The lowest BCUT2D eigenvalue weighted by Gasteiger charge is -2.36. The molecular formula is C26H30N4O2. The Balaban J connectivity index is 1.19. The number of hydrogen-bond donors (Lipinski definition) is 0. The predicted octanol–water partition coefficient (Wildman–Crippen LogP) is 4.87. The molecule has 2 fully saturated rings. The number of anilines is 1. The number of benzene rings is 2. The van der Waals surface area contributed by atoms with Crippen LogP contribution in [0.4, 0.5) is 5.69 Å². The summed E-state index contributed by atoms with van der Waals surface area (Å²) in [5, 5.41) is 4.12. The van der Waals surface area contributed by atoms with Crippen LogP contribution in [0.1, 0.15) is 61.3 Å². The molecule has 1 saturated carbocycles. The smallest absolute Gasteiger partial charge is 0.253 e. The van der Waals surface area contributed by atoms with Gasteiger partial charge in [0.2, 0.25) is 11.7 Å². The van der Waals surface area contributed by atoms with Crippen molar-refractivity contribution < 1.29 is 9.32 Å². The largest absolute Gasteiger partial charge is 0.368 e. The van der Waals surface area contributed by atoms with Crippen molar-refractivity contribution in [3.63, 3.8) is 0 Å². The second kappa shape index (κ2) is 8.08. The van der Waals surface area contributed by atoms with Gasteiger partial charge in [0.05, 0.1) is 0 Å². The maximum Gasteiger partial charge on any atom is 0.253 e. The molecule has 1 aliphatic carbocycles. The maximum absolute atomic E-state index is 12.9. The minimum atomic E-state index is 0.0893. The first-order chi connectivity index (χ1) is 15.4. The Kier molecular flexibility index (Phi) is 5.24. The summed E-state index contributed by atoms with van der Waals surface area (Å²) in [4.78, 5) is 21.7. The lowest BCUT2D eigenvalue weighted by molar-refractivity contribution is 0.0746. The van der Waals surface area contributed by atoms with E-state index in [2.05, 4.69) is 60.1 Å². The third kappa shape index (κ3) is 4.27. The third-order valence-corrected chi connectivity index (χ3v) is 6.42. The van der Waals surface area contributed by atoms with E-state index in [1.54, 1.807) is 0 Å². The number of rotatable bonds is 4. The van der Waals surface area contributed by atoms with Gasteiger partial charge in [-0.2, -0.15) is 4.98 Å². The van der Waals surface area contributed by atoms with Crippen molar-refractivity contribution in [3.05, 3.63) is 65.5 Å². The Bertz CT molecular complexity index is 1080. The number of nitrogens with zero attached hydrogens (tertiary/aromatic N) is 4. The zero-order valence-electron chi connectivity index (χ0n) is 19.0. The number of carbonyl (C=O) groups is 1. The number of aromatic nitrogens is 2. The first-order valence-corrected chi connectivity index (χ1v) is 11.5. The van der Waals surface area contributed by atoms with Crippen LogP contribution in [-0.2, 0) is 5.41 Å². The highest BCUT2D eigenvalue weighted by atomic mass is 16.5. The Morgan fingerprint density at radius 1 is 0.938 bits per heavy atom. The normalized spacial score (nSPS) is 17.0. The molecule has 0 atom stereocenters. The summed E-state index contributed by atoms with van der Waals surface area (Å²) in [5.41, 5.74) is 4.22. The summed E-state index contributed by atoms with van der Waals surface area (Å²) in [6, 6.07) is 16.4. The van der Waals surface area contributed by atoms with E-state index in [1.807, 2.05) is 29.2 Å². The number of piperazine rings is 1. The molecule has 5 rings (SSSR count). The summed E-state index contributed by atoms with van der Waals surface area (Å²) in [6.07, 6.45) is 2.30. The Morgan fingerprint density at radius 2 is 1.59 bits per heavy atom. The van der Waals surface area contributed by atoms with E-state index in [-0.39, 0.29) is 11.3 Å². The van der Waals surface area contributed by atoms with Gasteiger partial charge in [-0.1, -0.05) is 38.1 Å². The number of hydrogen-bond acceptors (Lipinski definition) is 5. The fraction of sp³-hybridized carbons (Fsp3) is 0.423. The van der Waals surface area contributed by atoms with Crippen LogP contribution in [0.25, 0.3) is 11.4 Å². The van der Waals surface area contributed by atoms with Crippen LogP contribution in [0, 0.1) is 0 Å². The first kappa shape index (κ1) is 20.7. The summed E-state index contributed by atoms with van der Waals surface area (Å²) in [5.74, 6) is 2.00.